The third-order valence-electron chi connectivity index (χ3n) is 2.93. The summed E-state index contributed by atoms with van der Waals surface area (Å²) >= 11 is 0. The molecule has 0 saturated carbocycles. The summed E-state index contributed by atoms with van der Waals surface area (Å²) in [6.07, 6.45) is 0.882. The summed E-state index contributed by atoms with van der Waals surface area (Å²) in [5, 5.41) is 0. The lowest BCUT2D eigenvalue weighted by Crippen LogP contribution is -2.15. The van der Waals surface area contributed by atoms with Gasteiger partial charge in [0.05, 0.1) is 4.90 Å². The van der Waals surface area contributed by atoms with E-state index in [-0.39, 0.29) is 12.1 Å². The van der Waals surface area contributed by atoms with Gasteiger partial charge in [-0.3, -0.25) is 0 Å². The molecule has 0 aromatic heterocycles. The molecule has 82 valence electrons. The van der Waals surface area contributed by atoms with Crippen molar-refractivity contribution in [2.75, 3.05) is 0 Å². The highest BCUT2D eigenvalue weighted by Crippen LogP contribution is 2.36. The predicted molar refractivity (Wildman–Crippen MR) is 59.0 cm³/mol. The first-order chi connectivity index (χ1) is 7.09. The molecule has 4 heteroatoms. The van der Waals surface area contributed by atoms with E-state index in [1.54, 1.807) is 28.6 Å². The molecule has 1 aromatic rings. The fourth-order valence-electron chi connectivity index (χ4n) is 2.02. The van der Waals surface area contributed by atoms with Crippen molar-refractivity contribution < 1.29 is 8.42 Å². The van der Waals surface area contributed by atoms with Crippen LogP contribution in [0.25, 0.3) is 0 Å². The van der Waals surface area contributed by atoms with Crippen molar-refractivity contribution in [3.8, 4) is 0 Å². The zero-order valence-electron chi connectivity index (χ0n) is 8.92. The molecule has 0 radical (unpaired) electrons. The highest BCUT2D eigenvalue weighted by atomic mass is 32.2. The second-order valence-corrected chi connectivity index (χ2v) is 5.71. The van der Waals surface area contributed by atoms with Crippen LogP contribution in [0.2, 0.25) is 0 Å². The maximum absolute atomic E-state index is 12.1. The molecule has 0 spiro atoms. The zero-order valence-corrected chi connectivity index (χ0v) is 9.74. The lowest BCUT2D eigenvalue weighted by molar-refractivity contribution is 0.545. The van der Waals surface area contributed by atoms with E-state index < -0.39 is 10.0 Å². The Morgan fingerprint density at radius 1 is 1.27 bits per heavy atom. The van der Waals surface area contributed by atoms with Crippen LogP contribution in [0.3, 0.4) is 0 Å². The van der Waals surface area contributed by atoms with Crippen LogP contribution in [0.1, 0.15) is 20.3 Å². The Morgan fingerprint density at radius 3 is 2.33 bits per heavy atom. The number of hydrogen-bond acceptors (Lipinski definition) is 2. The molecular weight excluding hydrogens is 210 g/mol. The summed E-state index contributed by atoms with van der Waals surface area (Å²) in [6.45, 7) is 3.97. The molecule has 1 aliphatic heterocycles. The van der Waals surface area contributed by atoms with Gasteiger partial charge in [-0.2, -0.15) is 4.31 Å². The smallest absolute Gasteiger partial charge is 0.207 e. The van der Waals surface area contributed by atoms with Crippen molar-refractivity contribution in [2.24, 2.45) is 0 Å². The molecule has 1 aromatic carbocycles. The first-order valence-corrected chi connectivity index (χ1v) is 6.61. The predicted octanol–water partition coefficient (Wildman–Crippen LogP) is 1.86. The highest BCUT2D eigenvalue weighted by molar-refractivity contribution is 7.89. The minimum Gasteiger partial charge on any atom is -0.207 e. The van der Waals surface area contributed by atoms with Gasteiger partial charge in [0.1, 0.15) is 0 Å². The Balaban J connectivity index is 2.31. The summed E-state index contributed by atoms with van der Waals surface area (Å²) < 4.78 is 25.8. The van der Waals surface area contributed by atoms with Crippen LogP contribution in [0.15, 0.2) is 35.2 Å². The quantitative estimate of drug-likeness (QED) is 0.736. The van der Waals surface area contributed by atoms with Crippen LogP contribution in [0.5, 0.6) is 0 Å². The average Bonchev–Trinajstić information content (AvgIpc) is 2.91. The molecule has 15 heavy (non-hydrogen) atoms. The van der Waals surface area contributed by atoms with E-state index in [0.717, 1.165) is 6.42 Å². The summed E-state index contributed by atoms with van der Waals surface area (Å²) in [5.41, 5.74) is 0. The van der Waals surface area contributed by atoms with Crippen molar-refractivity contribution in [1.82, 2.24) is 4.31 Å². The van der Waals surface area contributed by atoms with Crippen molar-refractivity contribution in [1.29, 1.82) is 0 Å². The van der Waals surface area contributed by atoms with Gasteiger partial charge in [0.2, 0.25) is 10.0 Å². The van der Waals surface area contributed by atoms with Gasteiger partial charge >= 0.3 is 0 Å². The molecule has 1 heterocycles. The van der Waals surface area contributed by atoms with Crippen molar-refractivity contribution in [2.45, 2.75) is 37.2 Å². The molecule has 0 bridgehead atoms. The van der Waals surface area contributed by atoms with E-state index in [4.69, 9.17) is 0 Å². The Hall–Kier alpha value is -0.870. The number of rotatable bonds is 3. The maximum Gasteiger partial charge on any atom is 0.243 e. The molecular formula is C11H15NO2S. The van der Waals surface area contributed by atoms with E-state index in [9.17, 15) is 8.42 Å². The largest absolute Gasteiger partial charge is 0.243 e. The van der Waals surface area contributed by atoms with Crippen LogP contribution < -0.4 is 0 Å². The second kappa shape index (κ2) is 3.61. The highest BCUT2D eigenvalue weighted by Gasteiger charge is 2.51. The van der Waals surface area contributed by atoms with Gasteiger partial charge < -0.3 is 0 Å². The van der Waals surface area contributed by atoms with Gasteiger partial charge in [-0.05, 0) is 25.5 Å². The van der Waals surface area contributed by atoms with Crippen molar-refractivity contribution in [3.63, 3.8) is 0 Å². The van der Waals surface area contributed by atoms with Crippen LogP contribution in [-0.2, 0) is 10.0 Å². The van der Waals surface area contributed by atoms with Gasteiger partial charge in [0, 0.05) is 12.1 Å². The van der Waals surface area contributed by atoms with Gasteiger partial charge in [0.15, 0.2) is 0 Å². The standard InChI is InChI=1S/C11H15NO2S/c1-3-11-9(2)12(11)15(13,14)10-7-5-4-6-8-10/h4-9,11H,3H2,1-2H3. The average molecular weight is 225 g/mol. The third kappa shape index (κ3) is 1.68. The summed E-state index contributed by atoms with van der Waals surface area (Å²) in [6, 6.07) is 8.96. The summed E-state index contributed by atoms with van der Waals surface area (Å²) in [7, 11) is -3.24. The molecule has 2 rings (SSSR count). The topological polar surface area (TPSA) is 37.1 Å². The molecule has 1 fully saturated rings. The minimum atomic E-state index is -3.24. The van der Waals surface area contributed by atoms with Crippen molar-refractivity contribution in [3.05, 3.63) is 30.3 Å². The van der Waals surface area contributed by atoms with E-state index in [0.29, 0.717) is 4.90 Å². The van der Waals surface area contributed by atoms with Crippen LogP contribution in [-0.4, -0.2) is 24.8 Å². The summed E-state index contributed by atoms with van der Waals surface area (Å²) in [4.78, 5) is 0.396. The molecule has 0 amide bonds. The van der Waals surface area contributed by atoms with Crippen LogP contribution in [0.4, 0.5) is 0 Å². The maximum atomic E-state index is 12.1. The van der Waals surface area contributed by atoms with Crippen LogP contribution in [0, 0.1) is 0 Å². The number of benzene rings is 1. The lowest BCUT2D eigenvalue weighted by atomic mass is 10.3. The normalized spacial score (nSPS) is 30.1. The van der Waals surface area contributed by atoms with Crippen LogP contribution >= 0.6 is 0 Å². The minimum absolute atomic E-state index is 0.153. The van der Waals surface area contributed by atoms with E-state index in [2.05, 4.69) is 0 Å². The summed E-state index contributed by atoms with van der Waals surface area (Å²) in [5.74, 6) is 0. The fraction of sp³-hybridized carbons (Fsp3) is 0.455. The lowest BCUT2D eigenvalue weighted by Gasteiger charge is -2.05. The number of hydrogen-bond donors (Lipinski definition) is 0. The molecule has 1 aliphatic rings. The molecule has 0 aliphatic carbocycles. The Labute approximate surface area is 90.8 Å². The molecule has 3 atom stereocenters. The van der Waals surface area contributed by atoms with Crippen molar-refractivity contribution >= 4 is 10.0 Å². The molecule has 3 nitrogen and oxygen atoms in total. The Morgan fingerprint density at radius 2 is 1.87 bits per heavy atom. The van der Waals surface area contributed by atoms with E-state index in [1.807, 2.05) is 19.9 Å². The van der Waals surface area contributed by atoms with Gasteiger partial charge in [0.25, 0.3) is 0 Å². The first-order valence-electron chi connectivity index (χ1n) is 5.17. The zero-order chi connectivity index (χ0) is 11.1. The van der Waals surface area contributed by atoms with Gasteiger partial charge in [-0.15, -0.1) is 0 Å². The van der Waals surface area contributed by atoms with Gasteiger partial charge in [-0.25, -0.2) is 8.42 Å². The molecule has 3 unspecified atom stereocenters. The number of nitrogens with zero attached hydrogens (tertiary/aromatic N) is 1. The first kappa shape index (κ1) is 10.6. The Bertz CT molecular complexity index is 441. The number of sulfonamides is 1. The van der Waals surface area contributed by atoms with Gasteiger partial charge in [-0.1, -0.05) is 25.1 Å². The van der Waals surface area contributed by atoms with E-state index >= 15 is 0 Å². The SMILES string of the molecule is CCC1C(C)N1S(=O)(=O)c1ccccc1. The second-order valence-electron chi connectivity index (χ2n) is 3.86. The monoisotopic (exact) mass is 225 g/mol. The van der Waals surface area contributed by atoms with E-state index in [1.165, 1.54) is 0 Å². The Kier molecular flexibility index (Phi) is 2.56. The third-order valence-corrected chi connectivity index (χ3v) is 4.96. The fourth-order valence-corrected chi connectivity index (χ4v) is 3.97. The molecule has 1 saturated heterocycles. The molecule has 0 N–H and O–H groups in total.